The van der Waals surface area contributed by atoms with Crippen molar-refractivity contribution in [1.29, 1.82) is 0 Å². The van der Waals surface area contributed by atoms with E-state index in [0.717, 1.165) is 16.7 Å². The molecule has 0 radical (unpaired) electrons. The van der Waals surface area contributed by atoms with E-state index in [1.54, 1.807) is 6.07 Å². The van der Waals surface area contributed by atoms with Crippen molar-refractivity contribution < 1.29 is 9.90 Å². The minimum atomic E-state index is 0.0409. The summed E-state index contributed by atoms with van der Waals surface area (Å²) in [6.07, 6.45) is 1.57. The molecule has 1 aliphatic carbocycles. The smallest absolute Gasteiger partial charge is 0.161 e. The van der Waals surface area contributed by atoms with Crippen molar-refractivity contribution in [2.24, 2.45) is 0 Å². The van der Waals surface area contributed by atoms with Crippen molar-refractivity contribution in [3.05, 3.63) is 50.5 Å². The van der Waals surface area contributed by atoms with Crippen molar-refractivity contribution in [1.82, 2.24) is 0 Å². The maximum Gasteiger partial charge on any atom is 0.161 e. The fourth-order valence-electron chi connectivity index (χ4n) is 2.59. The zero-order chi connectivity index (χ0) is 16.4. The molecule has 0 amide bonds. The fraction of sp³-hybridized carbons (Fsp3) is 0.389. The van der Waals surface area contributed by atoms with Crippen molar-refractivity contribution in [3.8, 4) is 5.75 Å². The van der Waals surface area contributed by atoms with E-state index in [-0.39, 0.29) is 11.7 Å². The van der Waals surface area contributed by atoms with Gasteiger partial charge in [-0.15, -0.1) is 0 Å². The number of rotatable bonds is 5. The molecule has 2 nitrogen and oxygen atoms in total. The topological polar surface area (TPSA) is 37.3 Å². The molecule has 0 aliphatic heterocycles. The molecule has 0 aromatic heterocycles. The Morgan fingerprint density at radius 2 is 1.95 bits per heavy atom. The van der Waals surface area contributed by atoms with Crippen LogP contribution in [0.5, 0.6) is 5.75 Å². The highest BCUT2D eigenvalue weighted by Gasteiger charge is 2.24. The lowest BCUT2D eigenvalue weighted by Gasteiger charge is -2.11. The number of aryl methyl sites for hydroxylation is 1. The molecule has 1 N–H and O–H groups in total. The Hall–Kier alpha value is -1.25. The number of phenols is 1. The van der Waals surface area contributed by atoms with Crippen molar-refractivity contribution in [3.63, 3.8) is 0 Å². The van der Waals surface area contributed by atoms with Gasteiger partial charge in [0.25, 0.3) is 0 Å². The maximum absolute atomic E-state index is 12.3. The second kappa shape index (κ2) is 6.89. The Morgan fingerprint density at radius 1 is 1.27 bits per heavy atom. The first-order valence-electron chi connectivity index (χ1n) is 7.40. The lowest BCUT2D eigenvalue weighted by molar-refractivity contribution is -0.115. The Balaban J connectivity index is 2.06. The van der Waals surface area contributed by atoms with E-state index < -0.39 is 0 Å². The van der Waals surface area contributed by atoms with Gasteiger partial charge in [-0.05, 0) is 48.4 Å². The highest BCUT2D eigenvalue weighted by Crippen LogP contribution is 2.38. The third-order valence-electron chi connectivity index (χ3n) is 3.97. The number of Topliss-reactive ketones (excluding diaryl/α,β-unsaturated/α-hetero) is 1. The van der Waals surface area contributed by atoms with Crippen LogP contribution in [0.25, 0.3) is 0 Å². The SMILES string of the molecule is CC1=C(Cl)C(Cl)=C(C(=O)CCc2ccc(O)c(C(C)C)c2)C1. The van der Waals surface area contributed by atoms with Crippen LogP contribution in [0.15, 0.2) is 39.4 Å². The number of carbonyl (C=O) groups excluding carboxylic acids is 1. The molecule has 1 aliphatic rings. The highest BCUT2D eigenvalue weighted by molar-refractivity contribution is 6.46. The molecular formula is C18H20Cl2O2. The van der Waals surface area contributed by atoms with Crippen LogP contribution in [0.4, 0.5) is 0 Å². The Kier molecular flexibility index (Phi) is 5.36. The lowest BCUT2D eigenvalue weighted by atomic mass is 9.96. The second-order valence-corrected chi connectivity index (χ2v) is 6.79. The van der Waals surface area contributed by atoms with E-state index in [4.69, 9.17) is 23.2 Å². The number of hydrogen-bond donors (Lipinski definition) is 1. The zero-order valence-electron chi connectivity index (χ0n) is 13.0. The molecule has 0 fully saturated rings. The van der Waals surface area contributed by atoms with Crippen LogP contribution in [0, 0.1) is 0 Å². The standard InChI is InChI=1S/C18H20Cl2O2/c1-10(2)13-9-12(4-6-15(13)21)5-7-16(22)14-8-11(3)17(19)18(14)20/h4,6,9-10,21H,5,7-8H2,1-3H3. The van der Waals surface area contributed by atoms with E-state index in [1.807, 2.05) is 32.9 Å². The number of benzene rings is 1. The van der Waals surface area contributed by atoms with Crippen LogP contribution in [0.1, 0.15) is 50.7 Å². The third-order valence-corrected chi connectivity index (χ3v) is 4.99. The Bertz CT molecular complexity index is 670. The normalized spacial score (nSPS) is 15.2. The number of hydrogen-bond acceptors (Lipinski definition) is 2. The summed E-state index contributed by atoms with van der Waals surface area (Å²) in [5.74, 6) is 0.589. The molecule has 4 heteroatoms. The zero-order valence-corrected chi connectivity index (χ0v) is 14.6. The van der Waals surface area contributed by atoms with Gasteiger partial charge in [0.05, 0.1) is 10.1 Å². The quantitative estimate of drug-likeness (QED) is 0.777. The molecule has 0 bridgehead atoms. The van der Waals surface area contributed by atoms with Gasteiger partial charge in [0.15, 0.2) is 5.78 Å². The Morgan fingerprint density at radius 3 is 2.50 bits per heavy atom. The number of ketones is 1. The molecular weight excluding hydrogens is 319 g/mol. The second-order valence-electron chi connectivity index (χ2n) is 6.03. The largest absolute Gasteiger partial charge is 0.508 e. The molecule has 0 saturated heterocycles. The molecule has 1 aromatic carbocycles. The van der Waals surface area contributed by atoms with Gasteiger partial charge in [-0.3, -0.25) is 4.79 Å². The van der Waals surface area contributed by atoms with E-state index >= 15 is 0 Å². The number of phenolic OH excluding ortho intramolecular Hbond substituents is 1. The first-order valence-corrected chi connectivity index (χ1v) is 8.16. The van der Waals surface area contributed by atoms with Crippen molar-refractivity contribution >= 4 is 29.0 Å². The summed E-state index contributed by atoms with van der Waals surface area (Å²) in [5.41, 5.74) is 3.51. The van der Waals surface area contributed by atoms with Gasteiger partial charge < -0.3 is 5.11 Å². The molecule has 0 heterocycles. The van der Waals surface area contributed by atoms with E-state index in [2.05, 4.69) is 0 Å². The highest BCUT2D eigenvalue weighted by atomic mass is 35.5. The lowest BCUT2D eigenvalue weighted by Crippen LogP contribution is -2.04. The summed E-state index contributed by atoms with van der Waals surface area (Å²) in [6.45, 7) is 5.95. The van der Waals surface area contributed by atoms with Gasteiger partial charge in [-0.1, -0.05) is 49.2 Å². The summed E-state index contributed by atoms with van der Waals surface area (Å²) in [4.78, 5) is 12.3. The molecule has 0 unspecified atom stereocenters. The average molecular weight is 339 g/mol. The molecule has 0 atom stereocenters. The fourth-order valence-corrected chi connectivity index (χ4v) is 3.11. The predicted molar refractivity (Wildman–Crippen MR) is 91.6 cm³/mol. The van der Waals surface area contributed by atoms with Crippen molar-refractivity contribution in [2.75, 3.05) is 0 Å². The molecule has 118 valence electrons. The first-order chi connectivity index (χ1) is 10.3. The maximum atomic E-state index is 12.3. The van der Waals surface area contributed by atoms with Gasteiger partial charge in [0.1, 0.15) is 5.75 Å². The van der Waals surface area contributed by atoms with Crippen LogP contribution < -0.4 is 0 Å². The summed E-state index contributed by atoms with van der Waals surface area (Å²) in [6, 6.07) is 5.52. The average Bonchev–Trinajstić information content (AvgIpc) is 2.73. The van der Waals surface area contributed by atoms with Crippen LogP contribution in [0.3, 0.4) is 0 Å². The van der Waals surface area contributed by atoms with Gasteiger partial charge in [-0.2, -0.15) is 0 Å². The van der Waals surface area contributed by atoms with Crippen molar-refractivity contribution in [2.45, 2.75) is 46.0 Å². The van der Waals surface area contributed by atoms with Crippen LogP contribution in [-0.4, -0.2) is 10.9 Å². The van der Waals surface area contributed by atoms with E-state index in [9.17, 15) is 9.90 Å². The van der Waals surface area contributed by atoms with Gasteiger partial charge >= 0.3 is 0 Å². The van der Waals surface area contributed by atoms with Gasteiger partial charge in [0, 0.05) is 12.0 Å². The van der Waals surface area contributed by atoms with Crippen LogP contribution >= 0.6 is 23.2 Å². The molecule has 1 aromatic rings. The minimum absolute atomic E-state index is 0.0409. The first kappa shape index (κ1) is 17.1. The molecule has 0 saturated carbocycles. The molecule has 0 spiro atoms. The monoisotopic (exact) mass is 338 g/mol. The Labute approximate surface area is 141 Å². The van der Waals surface area contributed by atoms with Gasteiger partial charge in [0.2, 0.25) is 0 Å². The number of carbonyl (C=O) groups is 1. The number of allylic oxidation sites excluding steroid dienone is 4. The van der Waals surface area contributed by atoms with E-state index in [0.29, 0.717) is 40.6 Å². The van der Waals surface area contributed by atoms with E-state index in [1.165, 1.54) is 0 Å². The summed E-state index contributed by atoms with van der Waals surface area (Å²) >= 11 is 12.2. The molecule has 2 rings (SSSR count). The summed E-state index contributed by atoms with van der Waals surface area (Å²) in [7, 11) is 0. The van der Waals surface area contributed by atoms with Crippen LogP contribution in [0.2, 0.25) is 0 Å². The van der Waals surface area contributed by atoms with Crippen LogP contribution in [-0.2, 0) is 11.2 Å². The number of aromatic hydroxyl groups is 1. The summed E-state index contributed by atoms with van der Waals surface area (Å²) < 4.78 is 0. The predicted octanol–water partition coefficient (Wildman–Crippen LogP) is 5.43. The summed E-state index contributed by atoms with van der Waals surface area (Å²) in [5, 5.41) is 10.7. The third kappa shape index (κ3) is 3.56. The van der Waals surface area contributed by atoms with Gasteiger partial charge in [-0.25, -0.2) is 0 Å². The molecule has 22 heavy (non-hydrogen) atoms. The minimum Gasteiger partial charge on any atom is -0.508 e. The number of halogens is 2.